The summed E-state index contributed by atoms with van der Waals surface area (Å²) in [5.74, 6) is 0.734. The Morgan fingerprint density at radius 3 is 2.52 bits per heavy atom. The highest BCUT2D eigenvalue weighted by atomic mass is 32.2. The normalized spacial score (nSPS) is 14.9. The van der Waals surface area contributed by atoms with Crippen molar-refractivity contribution in [2.75, 3.05) is 5.75 Å². The van der Waals surface area contributed by atoms with Crippen molar-refractivity contribution in [1.29, 1.82) is 0 Å². The fourth-order valence-electron chi connectivity index (χ4n) is 4.21. The first kappa shape index (κ1) is 23.4. The van der Waals surface area contributed by atoms with Gasteiger partial charge in [-0.1, -0.05) is 67.8 Å². The molecular weight excluding hydrogens is 404 g/mol. The van der Waals surface area contributed by atoms with E-state index >= 15 is 0 Å². The number of benzene rings is 2. The molecule has 1 saturated carbocycles. The fourth-order valence-corrected chi connectivity index (χ4v) is 5.07. The van der Waals surface area contributed by atoms with Gasteiger partial charge < -0.3 is 10.2 Å². The molecule has 1 atom stereocenters. The summed E-state index contributed by atoms with van der Waals surface area (Å²) in [6, 6.07) is 18.1. The van der Waals surface area contributed by atoms with E-state index in [1.165, 1.54) is 12.8 Å². The summed E-state index contributed by atoms with van der Waals surface area (Å²) in [5, 5.41) is 3.21. The molecule has 0 radical (unpaired) electrons. The molecule has 1 aliphatic carbocycles. The Kier molecular flexibility index (Phi) is 9.01. The number of nitrogens with one attached hydrogen (secondary N) is 1. The van der Waals surface area contributed by atoms with Gasteiger partial charge in [-0.2, -0.15) is 0 Å². The van der Waals surface area contributed by atoms with E-state index in [9.17, 15) is 9.59 Å². The second-order valence-electron chi connectivity index (χ2n) is 8.34. The number of hydrogen-bond acceptors (Lipinski definition) is 3. The van der Waals surface area contributed by atoms with Crippen molar-refractivity contribution in [2.45, 2.75) is 75.9 Å². The molecule has 0 aromatic heterocycles. The second kappa shape index (κ2) is 11.9. The van der Waals surface area contributed by atoms with Crippen LogP contribution in [0.15, 0.2) is 59.5 Å². The van der Waals surface area contributed by atoms with Gasteiger partial charge in [-0.05, 0) is 43.9 Å². The molecule has 0 aliphatic heterocycles. The predicted octanol–water partition coefficient (Wildman–Crippen LogP) is 5.34. The lowest BCUT2D eigenvalue weighted by atomic mass is 10.1. The first-order valence-electron chi connectivity index (χ1n) is 11.4. The average Bonchev–Trinajstić information content (AvgIpc) is 3.27. The summed E-state index contributed by atoms with van der Waals surface area (Å²) in [6.45, 7) is 4.51. The van der Waals surface area contributed by atoms with E-state index in [1.54, 1.807) is 16.7 Å². The zero-order valence-corrected chi connectivity index (χ0v) is 19.5. The molecule has 2 aromatic rings. The minimum atomic E-state index is -0.435. The largest absolute Gasteiger partial charge is 0.352 e. The van der Waals surface area contributed by atoms with Gasteiger partial charge in [0.05, 0.1) is 0 Å². The molecule has 3 rings (SSSR count). The zero-order valence-electron chi connectivity index (χ0n) is 18.7. The van der Waals surface area contributed by atoms with Gasteiger partial charge in [0.2, 0.25) is 11.8 Å². The van der Waals surface area contributed by atoms with E-state index in [-0.39, 0.29) is 17.9 Å². The van der Waals surface area contributed by atoms with Crippen LogP contribution in [0.2, 0.25) is 0 Å². The van der Waals surface area contributed by atoms with Crippen molar-refractivity contribution in [3.05, 3.63) is 65.7 Å². The number of amides is 2. The zero-order chi connectivity index (χ0) is 22.1. The molecule has 0 bridgehead atoms. The molecule has 5 heteroatoms. The highest BCUT2D eigenvalue weighted by Crippen LogP contribution is 2.22. The Hall–Kier alpha value is -2.27. The molecule has 4 nitrogen and oxygen atoms in total. The molecule has 2 amide bonds. The molecular formula is C26H34N2O2S. The van der Waals surface area contributed by atoms with E-state index in [0.29, 0.717) is 25.1 Å². The van der Waals surface area contributed by atoms with E-state index in [2.05, 4.69) is 36.5 Å². The lowest BCUT2D eigenvalue weighted by Crippen LogP contribution is -2.51. The minimum absolute atomic E-state index is 0.00823. The van der Waals surface area contributed by atoms with Crippen LogP contribution in [-0.4, -0.2) is 34.6 Å². The molecule has 2 aromatic carbocycles. The van der Waals surface area contributed by atoms with Gasteiger partial charge >= 0.3 is 0 Å². The van der Waals surface area contributed by atoms with Gasteiger partial charge in [0, 0.05) is 29.7 Å². The Morgan fingerprint density at radius 1 is 1.10 bits per heavy atom. The number of aryl methyl sites for hydroxylation is 1. The van der Waals surface area contributed by atoms with Crippen LogP contribution >= 0.6 is 11.8 Å². The molecule has 1 aliphatic rings. The van der Waals surface area contributed by atoms with Gasteiger partial charge in [0.25, 0.3) is 0 Å². The Morgan fingerprint density at radius 2 is 1.84 bits per heavy atom. The molecule has 31 heavy (non-hydrogen) atoms. The van der Waals surface area contributed by atoms with Crippen LogP contribution in [0.5, 0.6) is 0 Å². The summed E-state index contributed by atoms with van der Waals surface area (Å²) in [6.07, 6.45) is 5.46. The van der Waals surface area contributed by atoms with E-state index in [0.717, 1.165) is 28.9 Å². The van der Waals surface area contributed by atoms with E-state index in [1.807, 2.05) is 37.3 Å². The Balaban J connectivity index is 1.70. The Labute approximate surface area is 190 Å². The molecule has 166 valence electrons. The summed E-state index contributed by atoms with van der Waals surface area (Å²) < 4.78 is 0. The van der Waals surface area contributed by atoms with Gasteiger partial charge in [-0.15, -0.1) is 11.8 Å². The monoisotopic (exact) mass is 438 g/mol. The standard InChI is InChI=1S/C26H34N2O2S/c1-3-24(26(30)27-22-12-7-8-13-22)28(19-21-11-9-10-20(2)18-21)25(29)16-17-31-23-14-5-4-6-15-23/h4-6,9-11,14-15,18,22,24H,3,7-8,12-13,16-17,19H2,1-2H3,(H,27,30)/t24-/m1/s1. The number of rotatable bonds is 10. The van der Waals surface area contributed by atoms with Crippen molar-refractivity contribution in [2.24, 2.45) is 0 Å². The maximum Gasteiger partial charge on any atom is 0.243 e. The van der Waals surface area contributed by atoms with Crippen LogP contribution in [0.4, 0.5) is 0 Å². The second-order valence-corrected chi connectivity index (χ2v) is 9.50. The van der Waals surface area contributed by atoms with Crippen molar-refractivity contribution in [3.8, 4) is 0 Å². The van der Waals surface area contributed by atoms with Crippen molar-refractivity contribution >= 4 is 23.6 Å². The Bertz CT molecular complexity index is 849. The number of carbonyl (C=O) groups is 2. The fraction of sp³-hybridized carbons (Fsp3) is 0.462. The molecule has 0 heterocycles. The number of carbonyl (C=O) groups excluding carboxylic acids is 2. The van der Waals surface area contributed by atoms with Gasteiger partial charge in [0.15, 0.2) is 0 Å². The van der Waals surface area contributed by atoms with Crippen molar-refractivity contribution in [3.63, 3.8) is 0 Å². The SMILES string of the molecule is CC[C@H](C(=O)NC1CCCC1)N(Cc1cccc(C)c1)C(=O)CCSc1ccccc1. The van der Waals surface area contributed by atoms with Crippen LogP contribution in [0, 0.1) is 6.92 Å². The molecule has 0 spiro atoms. The van der Waals surface area contributed by atoms with Gasteiger partial charge in [-0.3, -0.25) is 9.59 Å². The van der Waals surface area contributed by atoms with Crippen LogP contribution in [0.1, 0.15) is 56.6 Å². The molecule has 0 unspecified atom stereocenters. The maximum atomic E-state index is 13.3. The molecule has 0 saturated heterocycles. The lowest BCUT2D eigenvalue weighted by molar-refractivity contribution is -0.141. The number of thioether (sulfide) groups is 1. The van der Waals surface area contributed by atoms with E-state index < -0.39 is 6.04 Å². The van der Waals surface area contributed by atoms with Crippen LogP contribution in [0.3, 0.4) is 0 Å². The lowest BCUT2D eigenvalue weighted by Gasteiger charge is -2.31. The smallest absolute Gasteiger partial charge is 0.243 e. The first-order valence-corrected chi connectivity index (χ1v) is 12.4. The van der Waals surface area contributed by atoms with Gasteiger partial charge in [-0.25, -0.2) is 0 Å². The third-order valence-corrected chi connectivity index (χ3v) is 6.86. The third kappa shape index (κ3) is 7.13. The van der Waals surface area contributed by atoms with E-state index in [4.69, 9.17) is 0 Å². The maximum absolute atomic E-state index is 13.3. The summed E-state index contributed by atoms with van der Waals surface area (Å²) >= 11 is 1.68. The number of nitrogens with zero attached hydrogens (tertiary/aromatic N) is 1. The van der Waals surface area contributed by atoms with Crippen molar-refractivity contribution < 1.29 is 9.59 Å². The molecule has 1 fully saturated rings. The summed E-state index contributed by atoms with van der Waals surface area (Å²) in [5.41, 5.74) is 2.23. The highest BCUT2D eigenvalue weighted by molar-refractivity contribution is 7.99. The molecule has 1 N–H and O–H groups in total. The first-order chi connectivity index (χ1) is 15.1. The average molecular weight is 439 g/mol. The van der Waals surface area contributed by atoms with Crippen LogP contribution in [-0.2, 0) is 16.1 Å². The third-order valence-electron chi connectivity index (χ3n) is 5.85. The van der Waals surface area contributed by atoms with Crippen molar-refractivity contribution in [1.82, 2.24) is 10.2 Å². The minimum Gasteiger partial charge on any atom is -0.352 e. The summed E-state index contributed by atoms with van der Waals surface area (Å²) in [7, 11) is 0. The number of hydrogen-bond donors (Lipinski definition) is 1. The quantitative estimate of drug-likeness (QED) is 0.509. The van der Waals surface area contributed by atoms with Crippen LogP contribution in [0.25, 0.3) is 0 Å². The summed E-state index contributed by atoms with van der Waals surface area (Å²) in [4.78, 5) is 29.4. The van der Waals surface area contributed by atoms with Crippen LogP contribution < -0.4 is 5.32 Å². The highest BCUT2D eigenvalue weighted by Gasteiger charge is 2.30. The van der Waals surface area contributed by atoms with Gasteiger partial charge in [0.1, 0.15) is 6.04 Å². The topological polar surface area (TPSA) is 49.4 Å². The predicted molar refractivity (Wildman–Crippen MR) is 128 cm³/mol.